The van der Waals surface area contributed by atoms with Crippen LogP contribution in [0.1, 0.15) is 56.9 Å². The zero-order valence-electron chi connectivity index (χ0n) is 17.4. The molecule has 0 aliphatic carbocycles. The minimum absolute atomic E-state index is 0. The van der Waals surface area contributed by atoms with Crippen molar-refractivity contribution in [1.82, 2.24) is 25.4 Å². The van der Waals surface area contributed by atoms with Crippen LogP contribution in [0.5, 0.6) is 0 Å². The van der Waals surface area contributed by atoms with Gasteiger partial charge < -0.3 is 24.7 Å². The van der Waals surface area contributed by atoms with Crippen LogP contribution in [0.25, 0.3) is 0 Å². The fraction of sp³-hybridized carbons (Fsp3) is 0.650. The predicted octanol–water partition coefficient (Wildman–Crippen LogP) is 2.61. The molecule has 0 aromatic carbocycles. The molecule has 29 heavy (non-hydrogen) atoms. The minimum atomic E-state index is -1.13. The SMILES string of the molecule is CCNC(=NCC(C)(O)c1ccco1)NCCCc1nnc2n1CCCCC2.I. The van der Waals surface area contributed by atoms with E-state index in [9.17, 15) is 5.11 Å². The Bertz CT molecular complexity index is 757. The van der Waals surface area contributed by atoms with Gasteiger partial charge in [-0.3, -0.25) is 0 Å². The van der Waals surface area contributed by atoms with Gasteiger partial charge in [0.05, 0.1) is 12.8 Å². The lowest BCUT2D eigenvalue weighted by molar-refractivity contribution is 0.0437. The molecule has 0 saturated heterocycles. The second-order valence-corrected chi connectivity index (χ2v) is 7.47. The number of halogens is 1. The van der Waals surface area contributed by atoms with Crippen molar-refractivity contribution < 1.29 is 9.52 Å². The van der Waals surface area contributed by atoms with Crippen LogP contribution < -0.4 is 10.6 Å². The first-order valence-corrected chi connectivity index (χ1v) is 10.3. The van der Waals surface area contributed by atoms with Crippen LogP contribution in [0, 0.1) is 0 Å². The maximum atomic E-state index is 10.5. The molecule has 0 spiro atoms. The third-order valence-corrected chi connectivity index (χ3v) is 5.00. The first kappa shape index (κ1) is 23.7. The molecule has 0 radical (unpaired) electrons. The van der Waals surface area contributed by atoms with Crippen molar-refractivity contribution in [2.24, 2.45) is 4.99 Å². The van der Waals surface area contributed by atoms with Crippen LogP contribution in [-0.2, 0) is 25.0 Å². The highest BCUT2D eigenvalue weighted by molar-refractivity contribution is 14.0. The number of nitrogens with zero attached hydrogens (tertiary/aromatic N) is 4. The van der Waals surface area contributed by atoms with Gasteiger partial charge >= 0.3 is 0 Å². The third kappa shape index (κ3) is 6.70. The van der Waals surface area contributed by atoms with Gasteiger partial charge in [-0.15, -0.1) is 34.2 Å². The Hall–Kier alpha value is -1.62. The van der Waals surface area contributed by atoms with Gasteiger partial charge in [0.2, 0.25) is 0 Å². The van der Waals surface area contributed by atoms with Crippen LogP contribution in [0.15, 0.2) is 27.8 Å². The number of hydrogen-bond donors (Lipinski definition) is 3. The van der Waals surface area contributed by atoms with E-state index in [-0.39, 0.29) is 30.5 Å². The Morgan fingerprint density at radius 3 is 2.93 bits per heavy atom. The van der Waals surface area contributed by atoms with Crippen molar-refractivity contribution in [2.75, 3.05) is 19.6 Å². The molecular formula is C20H33IN6O2. The van der Waals surface area contributed by atoms with Crippen LogP contribution in [-0.4, -0.2) is 45.5 Å². The average Bonchev–Trinajstić information content (AvgIpc) is 3.29. The summed E-state index contributed by atoms with van der Waals surface area (Å²) in [7, 11) is 0. The number of rotatable bonds is 8. The summed E-state index contributed by atoms with van der Waals surface area (Å²) in [6, 6.07) is 3.53. The predicted molar refractivity (Wildman–Crippen MR) is 124 cm³/mol. The molecule has 0 fully saturated rings. The fourth-order valence-corrected chi connectivity index (χ4v) is 3.42. The number of furan rings is 1. The molecule has 162 valence electrons. The molecule has 1 unspecified atom stereocenters. The van der Waals surface area contributed by atoms with Gasteiger partial charge in [-0.1, -0.05) is 6.42 Å². The number of aromatic nitrogens is 3. The minimum Gasteiger partial charge on any atom is -0.466 e. The van der Waals surface area contributed by atoms with E-state index in [1.165, 1.54) is 19.3 Å². The van der Waals surface area contributed by atoms with Gasteiger partial charge in [-0.05, 0) is 45.2 Å². The summed E-state index contributed by atoms with van der Waals surface area (Å²) in [5.41, 5.74) is -1.13. The molecule has 2 aromatic heterocycles. The Kier molecular flexibility index (Phi) is 9.41. The number of fused-ring (bicyclic) bond motifs is 1. The molecule has 0 saturated carbocycles. The number of aryl methyl sites for hydroxylation is 2. The third-order valence-electron chi connectivity index (χ3n) is 5.00. The number of hydrogen-bond acceptors (Lipinski definition) is 5. The van der Waals surface area contributed by atoms with E-state index in [0.717, 1.165) is 50.5 Å². The average molecular weight is 516 g/mol. The topological polar surface area (TPSA) is 100 Å². The van der Waals surface area contributed by atoms with E-state index < -0.39 is 5.60 Å². The molecule has 2 aromatic rings. The largest absolute Gasteiger partial charge is 0.466 e. The molecule has 1 aliphatic rings. The summed E-state index contributed by atoms with van der Waals surface area (Å²) in [6.45, 7) is 6.51. The van der Waals surface area contributed by atoms with Gasteiger partial charge in [-0.25, -0.2) is 4.99 Å². The highest BCUT2D eigenvalue weighted by atomic mass is 127. The van der Waals surface area contributed by atoms with E-state index in [0.29, 0.717) is 11.7 Å². The van der Waals surface area contributed by atoms with Crippen LogP contribution >= 0.6 is 24.0 Å². The zero-order chi connectivity index (χ0) is 19.8. The smallest absolute Gasteiger partial charge is 0.191 e. The standard InChI is InChI=1S/C20H32N6O2.HI/c1-3-21-19(23-15-20(2,27)16-9-8-14-28-16)22-12-7-11-18-25-24-17-10-5-4-6-13-26(17)18;/h8-9,14,27H,3-7,10-13,15H2,1-2H3,(H2,21,22,23);1H. The first-order valence-electron chi connectivity index (χ1n) is 10.3. The molecule has 9 heteroatoms. The van der Waals surface area contributed by atoms with Crippen molar-refractivity contribution in [3.8, 4) is 0 Å². The molecule has 8 nitrogen and oxygen atoms in total. The molecule has 0 amide bonds. The molecule has 1 atom stereocenters. The van der Waals surface area contributed by atoms with Gasteiger partial charge in [0.1, 0.15) is 23.0 Å². The lowest BCUT2D eigenvalue weighted by atomic mass is 10.0. The Morgan fingerprint density at radius 1 is 1.31 bits per heavy atom. The fourth-order valence-electron chi connectivity index (χ4n) is 3.42. The molecule has 3 heterocycles. The van der Waals surface area contributed by atoms with E-state index >= 15 is 0 Å². The molecule has 0 bridgehead atoms. The van der Waals surface area contributed by atoms with Crippen molar-refractivity contribution in [2.45, 2.75) is 64.5 Å². The zero-order valence-corrected chi connectivity index (χ0v) is 19.7. The Labute approximate surface area is 189 Å². The number of guanidine groups is 1. The van der Waals surface area contributed by atoms with Crippen molar-refractivity contribution in [3.63, 3.8) is 0 Å². The van der Waals surface area contributed by atoms with Gasteiger partial charge in [0, 0.05) is 32.5 Å². The lowest BCUT2D eigenvalue weighted by Crippen LogP contribution is -2.39. The van der Waals surface area contributed by atoms with E-state index in [4.69, 9.17) is 4.42 Å². The van der Waals surface area contributed by atoms with Crippen molar-refractivity contribution >= 4 is 29.9 Å². The second kappa shape index (κ2) is 11.5. The summed E-state index contributed by atoms with van der Waals surface area (Å²) < 4.78 is 7.61. The number of nitrogens with one attached hydrogen (secondary N) is 2. The van der Waals surface area contributed by atoms with E-state index in [1.807, 2.05) is 6.92 Å². The maximum absolute atomic E-state index is 10.5. The monoisotopic (exact) mass is 516 g/mol. The maximum Gasteiger partial charge on any atom is 0.191 e. The van der Waals surface area contributed by atoms with Gasteiger partial charge in [0.15, 0.2) is 5.96 Å². The molecule has 3 N–H and O–H groups in total. The molecule has 1 aliphatic heterocycles. The van der Waals surface area contributed by atoms with E-state index in [1.54, 1.807) is 25.3 Å². The normalized spacial score (nSPS) is 16.3. The van der Waals surface area contributed by atoms with Gasteiger partial charge in [-0.2, -0.15) is 0 Å². The Morgan fingerprint density at radius 2 is 2.17 bits per heavy atom. The number of aliphatic hydroxyl groups is 1. The summed E-state index contributed by atoms with van der Waals surface area (Å²) >= 11 is 0. The molecule has 3 rings (SSSR count). The van der Waals surface area contributed by atoms with Crippen LogP contribution in [0.4, 0.5) is 0 Å². The lowest BCUT2D eigenvalue weighted by Gasteiger charge is -2.19. The van der Waals surface area contributed by atoms with Crippen LogP contribution in [0.3, 0.4) is 0 Å². The highest BCUT2D eigenvalue weighted by Gasteiger charge is 2.26. The van der Waals surface area contributed by atoms with Crippen molar-refractivity contribution in [1.29, 1.82) is 0 Å². The van der Waals surface area contributed by atoms with Gasteiger partial charge in [0.25, 0.3) is 0 Å². The summed E-state index contributed by atoms with van der Waals surface area (Å²) in [4.78, 5) is 4.51. The summed E-state index contributed by atoms with van der Waals surface area (Å²) in [5.74, 6) is 3.42. The Balaban J connectivity index is 0.00000300. The van der Waals surface area contributed by atoms with Crippen LogP contribution in [0.2, 0.25) is 0 Å². The van der Waals surface area contributed by atoms with Crippen molar-refractivity contribution in [3.05, 3.63) is 35.8 Å². The first-order chi connectivity index (χ1) is 13.6. The highest BCUT2D eigenvalue weighted by Crippen LogP contribution is 2.21. The quantitative estimate of drug-likeness (QED) is 0.216. The molecular weight excluding hydrogens is 483 g/mol. The summed E-state index contributed by atoms with van der Waals surface area (Å²) in [6.07, 6.45) is 8.13. The summed E-state index contributed by atoms with van der Waals surface area (Å²) in [5, 5.41) is 25.8. The second-order valence-electron chi connectivity index (χ2n) is 7.47. The number of aliphatic imine (C=N–C) groups is 1. The van der Waals surface area contributed by atoms with E-state index in [2.05, 4.69) is 30.4 Å².